The number of carbonyl (C=O) groups is 1. The highest BCUT2D eigenvalue weighted by molar-refractivity contribution is 7.45. The van der Waals surface area contributed by atoms with Crippen molar-refractivity contribution in [1.29, 1.82) is 0 Å². The molecule has 0 rings (SSSR count). The van der Waals surface area contributed by atoms with Crippen LogP contribution in [0.1, 0.15) is 264 Å². The highest BCUT2D eigenvalue weighted by Gasteiger charge is 2.23. The smallest absolute Gasteiger partial charge is 0.268 e. The number of aliphatic hydroxyl groups excluding tert-OH is 1. The van der Waals surface area contributed by atoms with Crippen molar-refractivity contribution in [3.63, 3.8) is 0 Å². The lowest BCUT2D eigenvalue weighted by atomic mass is 10.0. The van der Waals surface area contributed by atoms with E-state index in [2.05, 4.69) is 67.8 Å². The number of allylic oxidation sites excluding steroid dienone is 9. The Morgan fingerprint density at radius 3 is 1.32 bits per heavy atom. The lowest BCUT2D eigenvalue weighted by Crippen LogP contribution is -2.45. The monoisotopic (exact) mass is 989 g/mol. The van der Waals surface area contributed by atoms with Gasteiger partial charge in [0, 0.05) is 6.42 Å². The SMILES string of the molecule is CCCC/C=C/CC/C=C/C(O)C(COP(=O)([O-])OCC[N+](C)(C)C)NC(=O)CCCCCCCCCCCCCCCCCCCCCCCCCC/C=C\C/C=C\C/C=C\CCCCCCC. The fourth-order valence-corrected chi connectivity index (χ4v) is 9.06. The summed E-state index contributed by atoms with van der Waals surface area (Å²) in [4.78, 5) is 25.3. The van der Waals surface area contributed by atoms with Crippen molar-refractivity contribution in [1.82, 2.24) is 5.32 Å². The number of amides is 1. The molecule has 69 heavy (non-hydrogen) atoms. The fourth-order valence-electron chi connectivity index (χ4n) is 8.34. The van der Waals surface area contributed by atoms with Crippen LogP contribution in [-0.4, -0.2) is 68.5 Å². The van der Waals surface area contributed by atoms with E-state index in [4.69, 9.17) is 9.05 Å². The normalized spacial score (nSPS) is 14.4. The molecule has 0 aliphatic carbocycles. The van der Waals surface area contributed by atoms with Gasteiger partial charge in [-0.2, -0.15) is 0 Å². The molecule has 0 heterocycles. The number of hydrogen-bond acceptors (Lipinski definition) is 6. The second-order valence-corrected chi connectivity index (χ2v) is 22.4. The van der Waals surface area contributed by atoms with Gasteiger partial charge in [0.1, 0.15) is 13.2 Å². The number of rotatable bonds is 53. The Morgan fingerprint density at radius 1 is 0.507 bits per heavy atom. The van der Waals surface area contributed by atoms with Gasteiger partial charge in [-0.1, -0.05) is 254 Å². The zero-order valence-electron chi connectivity index (χ0n) is 46.0. The maximum absolute atomic E-state index is 12.9. The molecule has 1 amide bonds. The summed E-state index contributed by atoms with van der Waals surface area (Å²) in [6.07, 6.45) is 69.3. The number of hydrogen-bond donors (Lipinski definition) is 2. The molecule has 0 aliphatic heterocycles. The second kappa shape index (κ2) is 51.1. The molecule has 0 bridgehead atoms. The largest absolute Gasteiger partial charge is 0.756 e. The van der Waals surface area contributed by atoms with E-state index in [9.17, 15) is 19.4 Å². The van der Waals surface area contributed by atoms with Crippen LogP contribution in [0.3, 0.4) is 0 Å². The maximum atomic E-state index is 12.9. The Hall–Kier alpha value is -1.80. The molecule has 0 aromatic carbocycles. The molecule has 0 spiro atoms. The Bertz CT molecular complexity index is 1310. The summed E-state index contributed by atoms with van der Waals surface area (Å²) in [5, 5.41) is 13.7. The van der Waals surface area contributed by atoms with Crippen LogP contribution in [0.15, 0.2) is 60.8 Å². The first-order valence-electron chi connectivity index (χ1n) is 29.2. The first kappa shape index (κ1) is 67.2. The standard InChI is InChI=1S/C60H113N2O6P/c1-6-8-10-12-14-16-17-18-19-20-21-22-23-24-25-26-27-28-29-30-31-32-33-34-35-36-37-38-39-40-41-42-43-44-45-46-48-50-52-54-60(64)61-58(57-68-69(65,66)67-56-55-62(3,4)5)59(63)53-51-49-47-15-13-11-9-7-2/h13,15,17-18,20-21,23-24,51,53,58-59,63H,6-12,14,16,19,22,25-50,52,54-57H2,1-5H3,(H-,61,64,65,66)/b15-13+,18-17-,21-20-,24-23-,53-51+. The predicted octanol–water partition coefficient (Wildman–Crippen LogP) is 17.1. The highest BCUT2D eigenvalue weighted by Crippen LogP contribution is 2.38. The number of likely N-dealkylation sites (N-methyl/N-ethyl adjacent to an activating group) is 1. The first-order valence-corrected chi connectivity index (χ1v) is 30.6. The number of aliphatic hydroxyl groups is 1. The average molecular weight is 990 g/mol. The van der Waals surface area contributed by atoms with E-state index in [1.165, 1.54) is 193 Å². The van der Waals surface area contributed by atoms with Gasteiger partial charge in [0.05, 0.1) is 39.9 Å². The molecule has 2 N–H and O–H groups in total. The average Bonchev–Trinajstić information content (AvgIpc) is 3.31. The summed E-state index contributed by atoms with van der Waals surface area (Å²) in [6, 6.07) is -0.900. The van der Waals surface area contributed by atoms with Gasteiger partial charge in [0.15, 0.2) is 0 Å². The highest BCUT2D eigenvalue weighted by atomic mass is 31.2. The van der Waals surface area contributed by atoms with Crippen molar-refractivity contribution in [3.8, 4) is 0 Å². The van der Waals surface area contributed by atoms with Crippen LogP contribution in [0.2, 0.25) is 0 Å². The molecule has 0 saturated carbocycles. The molecule has 0 fully saturated rings. The van der Waals surface area contributed by atoms with Crippen molar-refractivity contribution in [2.45, 2.75) is 276 Å². The van der Waals surface area contributed by atoms with E-state index in [0.29, 0.717) is 17.4 Å². The number of phosphoric acid groups is 1. The number of quaternary nitrogens is 1. The molecule has 8 nitrogen and oxygen atoms in total. The van der Waals surface area contributed by atoms with Gasteiger partial charge >= 0.3 is 0 Å². The molecule has 9 heteroatoms. The molecule has 0 aliphatic rings. The molecule has 0 saturated heterocycles. The van der Waals surface area contributed by atoms with Gasteiger partial charge in [-0.3, -0.25) is 9.36 Å². The third kappa shape index (κ3) is 53.8. The lowest BCUT2D eigenvalue weighted by Gasteiger charge is -2.29. The Morgan fingerprint density at radius 2 is 0.870 bits per heavy atom. The van der Waals surface area contributed by atoms with Crippen LogP contribution in [-0.2, 0) is 18.4 Å². The number of phosphoric ester groups is 1. The summed E-state index contributed by atoms with van der Waals surface area (Å²) in [5.41, 5.74) is 0. The molecule has 404 valence electrons. The van der Waals surface area contributed by atoms with Gasteiger partial charge in [-0.15, -0.1) is 0 Å². The minimum Gasteiger partial charge on any atom is -0.756 e. The third-order valence-electron chi connectivity index (χ3n) is 12.9. The first-order chi connectivity index (χ1) is 33.5. The van der Waals surface area contributed by atoms with Gasteiger partial charge in [0.25, 0.3) is 7.82 Å². The van der Waals surface area contributed by atoms with Crippen molar-refractivity contribution in [2.75, 3.05) is 40.9 Å². The van der Waals surface area contributed by atoms with Gasteiger partial charge in [-0.05, 0) is 64.2 Å². The maximum Gasteiger partial charge on any atom is 0.268 e. The molecule has 3 atom stereocenters. The number of nitrogens with one attached hydrogen (secondary N) is 1. The van der Waals surface area contributed by atoms with E-state index in [0.717, 1.165) is 51.4 Å². The summed E-state index contributed by atoms with van der Waals surface area (Å²) < 4.78 is 23.2. The number of unbranched alkanes of at least 4 members (excludes halogenated alkanes) is 32. The number of nitrogens with zero attached hydrogens (tertiary/aromatic N) is 1. The Kier molecular flexibility index (Phi) is 49.8. The van der Waals surface area contributed by atoms with E-state index >= 15 is 0 Å². The van der Waals surface area contributed by atoms with Crippen LogP contribution in [0.4, 0.5) is 0 Å². The van der Waals surface area contributed by atoms with Crippen molar-refractivity contribution in [2.24, 2.45) is 0 Å². The van der Waals surface area contributed by atoms with Crippen LogP contribution >= 0.6 is 7.82 Å². The molecular weight excluding hydrogens is 876 g/mol. The molecule has 0 aromatic rings. The molecular formula is C60H113N2O6P. The van der Waals surface area contributed by atoms with E-state index in [1.54, 1.807) is 6.08 Å². The minimum absolute atomic E-state index is 0.00669. The third-order valence-corrected chi connectivity index (χ3v) is 13.9. The van der Waals surface area contributed by atoms with Crippen LogP contribution in [0.25, 0.3) is 0 Å². The Labute approximate surface area is 428 Å². The van der Waals surface area contributed by atoms with Gasteiger partial charge in [0.2, 0.25) is 5.91 Å². The van der Waals surface area contributed by atoms with Crippen LogP contribution in [0.5, 0.6) is 0 Å². The molecule has 3 unspecified atom stereocenters. The van der Waals surface area contributed by atoms with E-state index < -0.39 is 26.6 Å². The predicted molar refractivity (Wildman–Crippen MR) is 297 cm³/mol. The van der Waals surface area contributed by atoms with Gasteiger partial charge < -0.3 is 28.8 Å². The van der Waals surface area contributed by atoms with E-state index in [-0.39, 0.29) is 12.5 Å². The van der Waals surface area contributed by atoms with Crippen molar-refractivity contribution < 1.29 is 32.9 Å². The minimum atomic E-state index is -4.59. The second-order valence-electron chi connectivity index (χ2n) is 21.0. The topological polar surface area (TPSA) is 108 Å². The van der Waals surface area contributed by atoms with Crippen LogP contribution in [0, 0.1) is 0 Å². The molecule has 0 aromatic heterocycles. The van der Waals surface area contributed by atoms with Gasteiger partial charge in [-0.25, -0.2) is 0 Å². The number of carbonyl (C=O) groups excluding carboxylic acids is 1. The molecule has 0 radical (unpaired) electrons. The van der Waals surface area contributed by atoms with Crippen LogP contribution < -0.4 is 10.2 Å². The van der Waals surface area contributed by atoms with Crippen molar-refractivity contribution in [3.05, 3.63) is 60.8 Å². The van der Waals surface area contributed by atoms with E-state index in [1.807, 2.05) is 27.2 Å². The van der Waals surface area contributed by atoms with Crippen molar-refractivity contribution >= 4 is 13.7 Å². The zero-order valence-corrected chi connectivity index (χ0v) is 46.9. The summed E-state index contributed by atoms with van der Waals surface area (Å²) in [5.74, 6) is -0.209. The summed E-state index contributed by atoms with van der Waals surface area (Å²) in [6.45, 7) is 4.54. The fraction of sp³-hybridized carbons (Fsp3) is 0.817. The lowest BCUT2D eigenvalue weighted by molar-refractivity contribution is -0.870. The quantitative estimate of drug-likeness (QED) is 0.0272. The Balaban J connectivity index is 3.79. The summed E-state index contributed by atoms with van der Waals surface area (Å²) >= 11 is 0. The zero-order chi connectivity index (χ0) is 50.6. The summed E-state index contributed by atoms with van der Waals surface area (Å²) in [7, 11) is 1.24.